The first kappa shape index (κ1) is 16.7. The maximum atomic E-state index is 12.0. The summed E-state index contributed by atoms with van der Waals surface area (Å²) in [5, 5.41) is 12.4. The molecule has 2 heterocycles. The predicted octanol–water partition coefficient (Wildman–Crippen LogP) is 2.80. The lowest BCUT2D eigenvalue weighted by Crippen LogP contribution is -2.24. The summed E-state index contributed by atoms with van der Waals surface area (Å²) in [6.07, 6.45) is 0. The van der Waals surface area contributed by atoms with Crippen LogP contribution in [-0.2, 0) is 11.3 Å². The molecule has 124 valence electrons. The Hall–Kier alpha value is -2.12. The fraction of sp³-hybridized carbons (Fsp3) is 0.250. The minimum atomic E-state index is -0.0746. The Kier molecular flexibility index (Phi) is 5.01. The number of nitrogens with one attached hydrogen (secondary N) is 1. The van der Waals surface area contributed by atoms with Crippen molar-refractivity contribution in [2.75, 3.05) is 5.75 Å². The summed E-state index contributed by atoms with van der Waals surface area (Å²) in [6.45, 7) is 4.33. The highest BCUT2D eigenvalue weighted by Crippen LogP contribution is 2.18. The van der Waals surface area contributed by atoms with E-state index in [9.17, 15) is 4.79 Å². The third kappa shape index (κ3) is 3.85. The normalized spacial score (nSPS) is 11.0. The maximum absolute atomic E-state index is 12.0. The van der Waals surface area contributed by atoms with Crippen LogP contribution in [0, 0.1) is 13.8 Å². The van der Waals surface area contributed by atoms with E-state index in [1.165, 1.54) is 11.8 Å². The molecule has 0 unspecified atom stereocenters. The summed E-state index contributed by atoms with van der Waals surface area (Å²) in [6, 6.07) is 9.37. The Morgan fingerprint density at radius 3 is 2.92 bits per heavy atom. The first-order valence-electron chi connectivity index (χ1n) is 7.36. The number of benzene rings is 1. The van der Waals surface area contributed by atoms with Crippen molar-refractivity contribution in [3.8, 4) is 0 Å². The lowest BCUT2D eigenvalue weighted by Gasteiger charge is -2.06. The van der Waals surface area contributed by atoms with Crippen molar-refractivity contribution in [3.05, 3.63) is 52.3 Å². The van der Waals surface area contributed by atoms with Gasteiger partial charge < -0.3 is 5.32 Å². The van der Waals surface area contributed by atoms with E-state index in [1.807, 2.05) is 42.5 Å². The van der Waals surface area contributed by atoms with Gasteiger partial charge in [-0.3, -0.25) is 9.20 Å². The van der Waals surface area contributed by atoms with Gasteiger partial charge in [0.05, 0.1) is 5.75 Å². The zero-order chi connectivity index (χ0) is 17.1. The van der Waals surface area contributed by atoms with Gasteiger partial charge in [-0.25, -0.2) is 4.98 Å². The number of hydrogen-bond donors (Lipinski definition) is 1. The molecule has 0 saturated heterocycles. The number of fused-ring (bicyclic) bond motifs is 1. The molecule has 0 fully saturated rings. The molecule has 0 bridgehead atoms. The topological polar surface area (TPSA) is 72.2 Å². The predicted molar refractivity (Wildman–Crippen MR) is 94.3 cm³/mol. The van der Waals surface area contributed by atoms with Crippen molar-refractivity contribution in [3.63, 3.8) is 0 Å². The van der Waals surface area contributed by atoms with Gasteiger partial charge >= 0.3 is 0 Å². The molecule has 1 aromatic carbocycles. The molecule has 0 aliphatic heterocycles. The second-order valence-electron chi connectivity index (χ2n) is 5.35. The second kappa shape index (κ2) is 7.19. The van der Waals surface area contributed by atoms with E-state index >= 15 is 0 Å². The van der Waals surface area contributed by atoms with E-state index in [2.05, 4.69) is 20.5 Å². The molecule has 3 aromatic rings. The van der Waals surface area contributed by atoms with Crippen molar-refractivity contribution in [1.82, 2.24) is 24.9 Å². The number of nitrogens with zero attached hydrogens (tertiary/aromatic N) is 4. The molecule has 0 atom stereocenters. The van der Waals surface area contributed by atoms with E-state index in [4.69, 9.17) is 11.6 Å². The number of hydrogen-bond acceptors (Lipinski definition) is 5. The average Bonchev–Trinajstić information content (AvgIpc) is 2.94. The first-order valence-corrected chi connectivity index (χ1v) is 8.72. The fourth-order valence-corrected chi connectivity index (χ4v) is 3.35. The van der Waals surface area contributed by atoms with Crippen LogP contribution in [0.3, 0.4) is 0 Å². The molecule has 0 aliphatic rings. The van der Waals surface area contributed by atoms with Crippen LogP contribution in [0.5, 0.6) is 0 Å². The summed E-state index contributed by atoms with van der Waals surface area (Å²) in [7, 11) is 0. The molecule has 3 rings (SSSR count). The Morgan fingerprint density at radius 1 is 1.29 bits per heavy atom. The summed E-state index contributed by atoms with van der Waals surface area (Å²) >= 11 is 7.26. The van der Waals surface area contributed by atoms with Gasteiger partial charge in [0.2, 0.25) is 5.91 Å². The molecule has 0 spiro atoms. The van der Waals surface area contributed by atoms with Crippen molar-refractivity contribution < 1.29 is 4.79 Å². The SMILES string of the molecule is Cc1cc(C)n2c(SCC(=O)NCc3cccc(Cl)c3)nnc2n1. The Labute approximate surface area is 148 Å². The third-order valence-electron chi connectivity index (χ3n) is 3.37. The lowest BCUT2D eigenvalue weighted by atomic mass is 10.2. The molecule has 1 amide bonds. The van der Waals surface area contributed by atoms with Gasteiger partial charge in [0.25, 0.3) is 5.78 Å². The average molecular weight is 362 g/mol. The van der Waals surface area contributed by atoms with Crippen molar-refractivity contribution in [2.45, 2.75) is 25.5 Å². The summed E-state index contributed by atoms with van der Waals surface area (Å²) in [5.74, 6) is 0.734. The van der Waals surface area contributed by atoms with Crippen LogP contribution < -0.4 is 5.32 Å². The number of thioether (sulfide) groups is 1. The number of aromatic nitrogens is 4. The summed E-state index contributed by atoms with van der Waals surface area (Å²) in [5.41, 5.74) is 2.84. The van der Waals surface area contributed by atoms with Crippen molar-refractivity contribution in [1.29, 1.82) is 0 Å². The molecule has 8 heteroatoms. The minimum Gasteiger partial charge on any atom is -0.351 e. The third-order valence-corrected chi connectivity index (χ3v) is 4.54. The molecule has 0 radical (unpaired) electrons. The van der Waals surface area contributed by atoms with Gasteiger partial charge in [-0.15, -0.1) is 10.2 Å². The highest BCUT2D eigenvalue weighted by molar-refractivity contribution is 7.99. The van der Waals surface area contributed by atoms with Gasteiger partial charge in [-0.1, -0.05) is 35.5 Å². The quantitative estimate of drug-likeness (QED) is 0.707. The zero-order valence-electron chi connectivity index (χ0n) is 13.3. The Bertz CT molecular complexity index is 895. The molecule has 24 heavy (non-hydrogen) atoms. The fourth-order valence-electron chi connectivity index (χ4n) is 2.32. The van der Waals surface area contributed by atoms with Gasteiger partial charge in [0.1, 0.15) is 0 Å². The number of carbonyl (C=O) groups excluding carboxylic acids is 1. The number of rotatable bonds is 5. The van der Waals surface area contributed by atoms with Gasteiger partial charge in [-0.05, 0) is 37.6 Å². The van der Waals surface area contributed by atoms with Crippen molar-refractivity contribution in [2.24, 2.45) is 0 Å². The molecular weight excluding hydrogens is 346 g/mol. The molecule has 0 saturated carbocycles. The van der Waals surface area contributed by atoms with Crippen LogP contribution in [0.25, 0.3) is 5.78 Å². The highest BCUT2D eigenvalue weighted by Gasteiger charge is 2.12. The van der Waals surface area contributed by atoms with Gasteiger partial charge in [0, 0.05) is 23.0 Å². The monoisotopic (exact) mass is 361 g/mol. The number of halogens is 1. The van der Waals surface area contributed by atoms with Crippen molar-refractivity contribution >= 4 is 35.0 Å². The molecule has 1 N–H and O–H groups in total. The summed E-state index contributed by atoms with van der Waals surface area (Å²) < 4.78 is 1.85. The Balaban J connectivity index is 1.60. The number of amides is 1. The van der Waals surface area contributed by atoms with Crippen LogP contribution in [0.2, 0.25) is 5.02 Å². The number of aryl methyl sites for hydroxylation is 2. The van der Waals surface area contributed by atoms with E-state index in [-0.39, 0.29) is 11.7 Å². The van der Waals surface area contributed by atoms with Crippen LogP contribution in [0.15, 0.2) is 35.5 Å². The van der Waals surface area contributed by atoms with E-state index in [0.717, 1.165) is 17.0 Å². The molecule has 6 nitrogen and oxygen atoms in total. The molecular formula is C16H16ClN5OS. The highest BCUT2D eigenvalue weighted by atomic mass is 35.5. The molecule has 0 aliphatic carbocycles. The van der Waals surface area contributed by atoms with E-state index in [1.54, 1.807) is 6.07 Å². The Morgan fingerprint density at radius 2 is 2.12 bits per heavy atom. The second-order valence-corrected chi connectivity index (χ2v) is 6.73. The smallest absolute Gasteiger partial charge is 0.256 e. The van der Waals surface area contributed by atoms with Crippen LogP contribution in [0.4, 0.5) is 0 Å². The molecule has 2 aromatic heterocycles. The van der Waals surface area contributed by atoms with E-state index < -0.39 is 0 Å². The van der Waals surface area contributed by atoms with Gasteiger partial charge in [0.15, 0.2) is 5.16 Å². The van der Waals surface area contributed by atoms with Crippen LogP contribution in [0.1, 0.15) is 17.0 Å². The standard InChI is InChI=1S/C16H16ClN5OS/c1-10-6-11(2)22-15(19-10)20-21-16(22)24-9-14(23)18-8-12-4-3-5-13(17)7-12/h3-7H,8-9H2,1-2H3,(H,18,23). The van der Waals surface area contributed by atoms with Crippen LogP contribution in [-0.4, -0.2) is 31.2 Å². The summed E-state index contributed by atoms with van der Waals surface area (Å²) in [4.78, 5) is 16.4. The maximum Gasteiger partial charge on any atom is 0.256 e. The lowest BCUT2D eigenvalue weighted by molar-refractivity contribution is -0.118. The largest absolute Gasteiger partial charge is 0.351 e. The number of carbonyl (C=O) groups is 1. The minimum absolute atomic E-state index is 0.0746. The van der Waals surface area contributed by atoms with Crippen LogP contribution >= 0.6 is 23.4 Å². The first-order chi connectivity index (χ1) is 11.5. The zero-order valence-corrected chi connectivity index (χ0v) is 14.9. The van der Waals surface area contributed by atoms with Gasteiger partial charge in [-0.2, -0.15) is 0 Å². The van der Waals surface area contributed by atoms with E-state index in [0.29, 0.717) is 22.5 Å².